The zero-order valence-electron chi connectivity index (χ0n) is 60.3. The Morgan fingerprint density at radius 2 is 0.473 bits per heavy atom. The van der Waals surface area contributed by atoms with Gasteiger partial charge in [0.05, 0.1) is 73.2 Å². The molecule has 0 aliphatic carbocycles. The Labute approximate surface area is 571 Å². The fourth-order valence-electron chi connectivity index (χ4n) is 12.2. The molecule has 0 amide bonds. The van der Waals surface area contributed by atoms with E-state index in [2.05, 4.69) is 77.9 Å². The third-order valence-electron chi connectivity index (χ3n) is 18.1. The van der Waals surface area contributed by atoms with Crippen molar-refractivity contribution >= 4 is 11.3 Å². The number of benzene rings is 2. The molecule has 0 spiro atoms. The van der Waals surface area contributed by atoms with Gasteiger partial charge in [-0.25, -0.2) is 9.36 Å². The molecule has 3 aromatic heterocycles. The van der Waals surface area contributed by atoms with Crippen LogP contribution in [0.4, 0.5) is 0 Å². The summed E-state index contributed by atoms with van der Waals surface area (Å²) in [6, 6.07) is 12.5. The lowest BCUT2D eigenvalue weighted by Crippen LogP contribution is -2.08. The van der Waals surface area contributed by atoms with Gasteiger partial charge in [-0.1, -0.05) is 322 Å². The van der Waals surface area contributed by atoms with Crippen molar-refractivity contribution < 1.29 is 28.4 Å². The molecule has 0 aliphatic heterocycles. The summed E-state index contributed by atoms with van der Waals surface area (Å²) in [6.07, 6.45) is 63.7. The second-order valence-corrected chi connectivity index (χ2v) is 27.8. The smallest absolute Gasteiger partial charge is 0.203 e. The molecule has 0 radical (unpaired) electrons. The van der Waals surface area contributed by atoms with E-state index < -0.39 is 0 Å². The van der Waals surface area contributed by atoms with Gasteiger partial charge in [-0.3, -0.25) is 0 Å². The molecular formula is C80H134N6O6S. The maximum Gasteiger partial charge on any atom is 0.203 e. The normalized spacial score (nSPS) is 11.5. The number of unbranched alkanes of at least 4 members (excludes halogenated alkanes) is 42. The van der Waals surface area contributed by atoms with Gasteiger partial charge in [-0.15, -0.1) is 21.5 Å². The summed E-state index contributed by atoms with van der Waals surface area (Å²) < 4.78 is 44.1. The largest absolute Gasteiger partial charge is 0.489 e. The highest BCUT2D eigenvalue weighted by Gasteiger charge is 2.22. The topological polar surface area (TPSA) is 117 Å². The standard InChI is InChI=1S/C80H134N6O6S/c1-7-13-19-25-31-37-43-49-57-87-73-63-69(64-74(88-58-50-44-38-32-26-20-14-8-2)79(73)91-61-53-47-41-35-29-23-17-11-5)85-67-71(81-83-85)77-55-56-78(93-77)72-68-86(84-82-72)70-65-75(89-59-51-45-39-33-27-21-15-9-3)80(92-62-54-48-42-36-30-24-18-12-6)76(66-70)90-60-52-46-40-34-28-22-16-10-4/h55-56,63-68H,7-54,57-62H2,1-6H3. The number of aromatic nitrogens is 6. The van der Waals surface area contributed by atoms with E-state index in [1.165, 1.54) is 231 Å². The quantitative estimate of drug-likeness (QED) is 0.0348. The molecular weight excluding hydrogens is 1170 g/mol. The second-order valence-electron chi connectivity index (χ2n) is 26.7. The Kier molecular flexibility index (Phi) is 45.3. The van der Waals surface area contributed by atoms with Crippen molar-refractivity contribution in [2.75, 3.05) is 39.6 Å². The zero-order valence-corrected chi connectivity index (χ0v) is 61.2. The molecule has 0 unspecified atom stereocenters. The van der Waals surface area contributed by atoms with E-state index in [0.717, 1.165) is 110 Å². The Morgan fingerprint density at radius 3 is 0.699 bits per heavy atom. The van der Waals surface area contributed by atoms with Crippen LogP contribution >= 0.6 is 11.3 Å². The third-order valence-corrected chi connectivity index (χ3v) is 19.3. The molecule has 0 N–H and O–H groups in total. The van der Waals surface area contributed by atoms with Crippen molar-refractivity contribution in [3.63, 3.8) is 0 Å². The fraction of sp³-hybridized carbons (Fsp3) is 0.750. The van der Waals surface area contributed by atoms with Gasteiger partial charge in [0, 0.05) is 24.3 Å². The van der Waals surface area contributed by atoms with Crippen LogP contribution in [0.5, 0.6) is 34.5 Å². The third kappa shape index (κ3) is 34.1. The summed E-state index contributed by atoms with van der Waals surface area (Å²) in [5, 5.41) is 19.0. The molecule has 2 aromatic carbocycles. The van der Waals surface area contributed by atoms with E-state index in [-0.39, 0.29) is 0 Å². The van der Waals surface area contributed by atoms with E-state index in [9.17, 15) is 0 Å². The number of thiophene rings is 1. The predicted octanol–water partition coefficient (Wildman–Crippen LogP) is 25.4. The van der Waals surface area contributed by atoms with E-state index in [4.69, 9.17) is 49.0 Å². The predicted molar refractivity (Wildman–Crippen MR) is 394 cm³/mol. The minimum absolute atomic E-state index is 0.622. The molecule has 0 saturated heterocycles. The summed E-state index contributed by atoms with van der Waals surface area (Å²) in [6.45, 7) is 17.4. The first-order valence-corrected chi connectivity index (χ1v) is 39.9. The summed E-state index contributed by atoms with van der Waals surface area (Å²) in [4.78, 5) is 1.97. The second kappa shape index (κ2) is 53.4. The SMILES string of the molecule is CCCCCCCCCCOc1cc(-n2cc(-c3ccc(-c4cn(-c5cc(OCCCCCCCCCC)c(OCCCCCCCCCC)c(OCCCCCCCCCC)c5)nn4)s3)nn2)cc(OCCCCCCCCCC)c1OCCCCCCCCCC. The number of hydrogen-bond acceptors (Lipinski definition) is 11. The summed E-state index contributed by atoms with van der Waals surface area (Å²) >= 11 is 1.63. The van der Waals surface area contributed by atoms with E-state index in [0.29, 0.717) is 74.1 Å². The molecule has 5 aromatic rings. The Bertz CT molecular complexity index is 2300. The van der Waals surface area contributed by atoms with Crippen LogP contribution in [0, 0.1) is 0 Å². The number of rotatable bonds is 64. The molecule has 0 fully saturated rings. The summed E-state index contributed by atoms with van der Waals surface area (Å²) in [5.74, 6) is 4.27. The highest BCUT2D eigenvalue weighted by molar-refractivity contribution is 7.18. The molecule has 0 atom stereocenters. The van der Waals surface area contributed by atoms with Crippen molar-refractivity contribution in [3.8, 4) is 67.0 Å². The van der Waals surface area contributed by atoms with Gasteiger partial charge in [0.25, 0.3) is 0 Å². The Morgan fingerprint density at radius 1 is 0.269 bits per heavy atom. The van der Waals surface area contributed by atoms with Crippen LogP contribution in [0.3, 0.4) is 0 Å². The van der Waals surface area contributed by atoms with E-state index in [1.54, 1.807) is 11.3 Å². The van der Waals surface area contributed by atoms with Crippen LogP contribution in [-0.4, -0.2) is 69.6 Å². The van der Waals surface area contributed by atoms with Crippen molar-refractivity contribution in [2.24, 2.45) is 0 Å². The number of hydrogen-bond donors (Lipinski definition) is 0. The first-order chi connectivity index (χ1) is 46.0. The van der Waals surface area contributed by atoms with Crippen LogP contribution in [0.2, 0.25) is 0 Å². The van der Waals surface area contributed by atoms with Crippen LogP contribution < -0.4 is 28.4 Å². The molecule has 526 valence electrons. The highest BCUT2D eigenvalue weighted by atomic mass is 32.1. The molecule has 5 rings (SSSR count). The van der Waals surface area contributed by atoms with Crippen LogP contribution in [0.25, 0.3) is 32.5 Å². The van der Waals surface area contributed by atoms with Crippen LogP contribution in [0.1, 0.15) is 350 Å². The van der Waals surface area contributed by atoms with Gasteiger partial charge in [-0.05, 0) is 50.7 Å². The lowest BCUT2D eigenvalue weighted by atomic mass is 10.1. The number of ether oxygens (including phenoxy) is 6. The maximum atomic E-state index is 6.73. The van der Waals surface area contributed by atoms with E-state index >= 15 is 0 Å². The van der Waals surface area contributed by atoms with Gasteiger partial charge in [0.2, 0.25) is 11.5 Å². The fourth-order valence-corrected chi connectivity index (χ4v) is 13.1. The molecule has 0 saturated carbocycles. The molecule has 12 nitrogen and oxygen atoms in total. The Hall–Kier alpha value is -4.78. The van der Waals surface area contributed by atoms with Gasteiger partial charge in [0.15, 0.2) is 23.0 Å². The molecule has 0 bridgehead atoms. The lowest BCUT2D eigenvalue weighted by molar-refractivity contribution is 0.234. The average molecular weight is 1310 g/mol. The van der Waals surface area contributed by atoms with Crippen LogP contribution in [0.15, 0.2) is 48.8 Å². The monoisotopic (exact) mass is 1310 g/mol. The first-order valence-electron chi connectivity index (χ1n) is 39.1. The minimum Gasteiger partial charge on any atom is -0.489 e. The van der Waals surface area contributed by atoms with Crippen molar-refractivity contribution in [1.82, 2.24) is 30.0 Å². The van der Waals surface area contributed by atoms with Crippen LogP contribution in [-0.2, 0) is 0 Å². The van der Waals surface area contributed by atoms with Crippen molar-refractivity contribution in [1.29, 1.82) is 0 Å². The molecule has 93 heavy (non-hydrogen) atoms. The van der Waals surface area contributed by atoms with Crippen molar-refractivity contribution in [3.05, 3.63) is 48.8 Å². The number of nitrogens with zero attached hydrogens (tertiary/aromatic N) is 6. The average Bonchev–Trinajstić information content (AvgIpc) is 1.78. The molecule has 13 heteroatoms. The Balaban J connectivity index is 1.38. The zero-order chi connectivity index (χ0) is 65.7. The first kappa shape index (κ1) is 78.9. The van der Waals surface area contributed by atoms with Crippen molar-refractivity contribution in [2.45, 2.75) is 350 Å². The molecule has 3 heterocycles. The lowest BCUT2D eigenvalue weighted by Gasteiger charge is -2.19. The van der Waals surface area contributed by atoms with Gasteiger partial charge in [0.1, 0.15) is 11.4 Å². The summed E-state index contributed by atoms with van der Waals surface area (Å²) in [7, 11) is 0. The van der Waals surface area contributed by atoms with Gasteiger partial charge < -0.3 is 28.4 Å². The van der Waals surface area contributed by atoms with Gasteiger partial charge >= 0.3 is 0 Å². The van der Waals surface area contributed by atoms with Gasteiger partial charge in [-0.2, -0.15) is 0 Å². The van der Waals surface area contributed by atoms with E-state index in [1.807, 2.05) is 21.8 Å². The summed E-state index contributed by atoms with van der Waals surface area (Å²) in [5.41, 5.74) is 3.21. The maximum absolute atomic E-state index is 6.73. The molecule has 0 aliphatic rings. The highest BCUT2D eigenvalue weighted by Crippen LogP contribution is 2.43. The minimum atomic E-state index is 0.622.